The van der Waals surface area contributed by atoms with Crippen molar-refractivity contribution in [2.24, 2.45) is 0 Å². The fraction of sp³-hybridized carbons (Fsp3) is 0.571. The van der Waals surface area contributed by atoms with Crippen LogP contribution in [0.4, 0.5) is 0 Å². The maximum absolute atomic E-state index is 3.36. The molecule has 2 heterocycles. The lowest BCUT2D eigenvalue weighted by Crippen LogP contribution is -2.61. The monoisotopic (exact) mass is 357 g/mol. The summed E-state index contributed by atoms with van der Waals surface area (Å²) in [6.07, 6.45) is 0. The van der Waals surface area contributed by atoms with Crippen LogP contribution in [0.15, 0.2) is 24.3 Å². The van der Waals surface area contributed by atoms with Crippen molar-refractivity contribution in [3.8, 4) is 0 Å². The minimum Gasteiger partial charge on any atom is -0.314 e. The number of hydrogen-bond acceptors (Lipinski definition) is 3. The average molecular weight is 357 g/mol. The van der Waals surface area contributed by atoms with E-state index in [9.17, 15) is 0 Å². The van der Waals surface area contributed by atoms with Crippen molar-refractivity contribution in [3.63, 3.8) is 0 Å². The second kappa shape index (κ2) is 5.86. The summed E-state index contributed by atoms with van der Waals surface area (Å²) in [6, 6.07) is 9.72. The van der Waals surface area contributed by atoms with Crippen LogP contribution in [0.1, 0.15) is 5.56 Å². The first kappa shape index (κ1) is 12.8. The maximum atomic E-state index is 3.36. The summed E-state index contributed by atoms with van der Waals surface area (Å²) in [5, 5.41) is 3.36. The molecule has 0 amide bonds. The van der Waals surface area contributed by atoms with Crippen molar-refractivity contribution in [1.29, 1.82) is 0 Å². The lowest BCUT2D eigenvalue weighted by atomic mass is 10.1. The molecule has 98 valence electrons. The molecule has 0 bridgehead atoms. The molecule has 1 aromatic carbocycles. The molecular formula is C14H20IN3. The number of nitrogens with zero attached hydrogens (tertiary/aromatic N) is 2. The van der Waals surface area contributed by atoms with Crippen molar-refractivity contribution in [1.82, 2.24) is 15.1 Å². The lowest BCUT2D eigenvalue weighted by Gasteiger charge is -2.43. The fourth-order valence-electron chi connectivity index (χ4n) is 2.67. The van der Waals surface area contributed by atoms with E-state index in [-0.39, 0.29) is 0 Å². The third kappa shape index (κ3) is 3.04. The molecule has 2 fully saturated rings. The van der Waals surface area contributed by atoms with E-state index in [1.807, 2.05) is 0 Å². The predicted octanol–water partition coefficient (Wildman–Crippen LogP) is 1.38. The highest BCUT2D eigenvalue weighted by molar-refractivity contribution is 14.1. The van der Waals surface area contributed by atoms with E-state index in [1.54, 1.807) is 0 Å². The highest BCUT2D eigenvalue weighted by atomic mass is 127. The minimum absolute atomic E-state index is 0.811. The second-order valence-electron chi connectivity index (χ2n) is 5.25. The Balaban J connectivity index is 1.48. The zero-order valence-corrected chi connectivity index (χ0v) is 12.8. The summed E-state index contributed by atoms with van der Waals surface area (Å²) in [6.45, 7) is 8.38. The van der Waals surface area contributed by atoms with Gasteiger partial charge in [0.2, 0.25) is 0 Å². The first-order valence-electron chi connectivity index (χ1n) is 6.73. The van der Waals surface area contributed by atoms with Crippen molar-refractivity contribution < 1.29 is 0 Å². The topological polar surface area (TPSA) is 18.5 Å². The van der Waals surface area contributed by atoms with Gasteiger partial charge in [0.05, 0.1) is 0 Å². The van der Waals surface area contributed by atoms with Gasteiger partial charge in [0.25, 0.3) is 0 Å². The first-order chi connectivity index (χ1) is 8.81. The Morgan fingerprint density at radius 2 is 1.72 bits per heavy atom. The van der Waals surface area contributed by atoms with E-state index in [4.69, 9.17) is 0 Å². The molecule has 1 N–H and O–H groups in total. The second-order valence-corrected chi connectivity index (χ2v) is 6.50. The number of piperazine rings is 1. The van der Waals surface area contributed by atoms with Gasteiger partial charge in [-0.1, -0.05) is 12.1 Å². The summed E-state index contributed by atoms with van der Waals surface area (Å²) in [7, 11) is 0. The van der Waals surface area contributed by atoms with E-state index < -0.39 is 0 Å². The molecule has 0 atom stereocenters. The zero-order valence-electron chi connectivity index (χ0n) is 10.6. The van der Waals surface area contributed by atoms with Gasteiger partial charge in [-0.05, 0) is 40.3 Å². The van der Waals surface area contributed by atoms with Crippen LogP contribution in [-0.2, 0) is 6.54 Å². The summed E-state index contributed by atoms with van der Waals surface area (Å²) < 4.78 is 1.32. The predicted molar refractivity (Wildman–Crippen MR) is 82.7 cm³/mol. The van der Waals surface area contributed by atoms with Gasteiger partial charge < -0.3 is 5.32 Å². The van der Waals surface area contributed by atoms with Crippen LogP contribution < -0.4 is 5.32 Å². The van der Waals surface area contributed by atoms with Crippen LogP contribution in [0.2, 0.25) is 0 Å². The van der Waals surface area contributed by atoms with Crippen LogP contribution in [-0.4, -0.2) is 55.1 Å². The Kier molecular flexibility index (Phi) is 4.18. The molecule has 1 aromatic rings. The molecule has 4 heteroatoms. The molecule has 0 aliphatic carbocycles. The fourth-order valence-corrected chi connectivity index (χ4v) is 3.03. The number of hydrogen-bond donors (Lipinski definition) is 1. The highest BCUT2D eigenvalue weighted by Crippen LogP contribution is 2.13. The molecule has 0 spiro atoms. The van der Waals surface area contributed by atoms with Gasteiger partial charge >= 0.3 is 0 Å². The molecule has 3 nitrogen and oxygen atoms in total. The minimum atomic E-state index is 0.811. The van der Waals surface area contributed by atoms with E-state index >= 15 is 0 Å². The number of benzene rings is 1. The molecule has 0 aromatic heterocycles. The van der Waals surface area contributed by atoms with Crippen LogP contribution in [0, 0.1) is 3.57 Å². The standard InChI is InChI=1S/C14H20IN3/c15-13-3-1-12(2-4-13)11-17-5-7-18(8-6-17)14-9-16-10-14/h1-4,14,16H,5-11H2. The van der Waals surface area contributed by atoms with E-state index in [0.29, 0.717) is 0 Å². The Morgan fingerprint density at radius 3 is 2.28 bits per heavy atom. The van der Waals surface area contributed by atoms with Gasteiger partial charge in [0.1, 0.15) is 0 Å². The molecule has 2 aliphatic heterocycles. The summed E-state index contributed by atoms with van der Waals surface area (Å²) in [5.74, 6) is 0. The molecule has 18 heavy (non-hydrogen) atoms. The van der Waals surface area contributed by atoms with Gasteiger partial charge in [0.15, 0.2) is 0 Å². The molecular weight excluding hydrogens is 337 g/mol. The maximum Gasteiger partial charge on any atom is 0.0346 e. The highest BCUT2D eigenvalue weighted by Gasteiger charge is 2.27. The van der Waals surface area contributed by atoms with Crippen LogP contribution >= 0.6 is 22.6 Å². The van der Waals surface area contributed by atoms with Gasteiger partial charge in [0, 0.05) is 55.4 Å². The molecule has 2 aliphatic rings. The quantitative estimate of drug-likeness (QED) is 0.825. The van der Waals surface area contributed by atoms with Crippen molar-refractivity contribution in [2.75, 3.05) is 39.3 Å². The third-order valence-corrected chi connectivity index (χ3v) is 4.72. The molecule has 0 radical (unpaired) electrons. The van der Waals surface area contributed by atoms with Crippen LogP contribution in [0.5, 0.6) is 0 Å². The SMILES string of the molecule is Ic1ccc(CN2CCN(C3CNC3)CC2)cc1. The van der Waals surface area contributed by atoms with Gasteiger partial charge in [-0.25, -0.2) is 0 Å². The van der Waals surface area contributed by atoms with Crippen LogP contribution in [0.3, 0.4) is 0 Å². The summed E-state index contributed by atoms with van der Waals surface area (Å²) in [5.41, 5.74) is 1.44. The van der Waals surface area contributed by atoms with Gasteiger partial charge in [-0.2, -0.15) is 0 Å². The Hall–Kier alpha value is -0.170. The van der Waals surface area contributed by atoms with Crippen LogP contribution in [0.25, 0.3) is 0 Å². The number of nitrogens with one attached hydrogen (secondary N) is 1. The summed E-state index contributed by atoms with van der Waals surface area (Å²) in [4.78, 5) is 5.21. The third-order valence-electron chi connectivity index (χ3n) is 4.00. The smallest absolute Gasteiger partial charge is 0.0346 e. The molecule has 2 saturated heterocycles. The van der Waals surface area contributed by atoms with Crippen molar-refractivity contribution in [2.45, 2.75) is 12.6 Å². The Labute approximate surface area is 123 Å². The van der Waals surface area contributed by atoms with Gasteiger partial charge in [-0.15, -0.1) is 0 Å². The molecule has 3 rings (SSSR count). The number of halogens is 1. The molecule has 0 unspecified atom stereocenters. The Bertz CT molecular complexity index is 381. The lowest BCUT2D eigenvalue weighted by molar-refractivity contribution is 0.0695. The Morgan fingerprint density at radius 1 is 1.06 bits per heavy atom. The molecule has 0 saturated carbocycles. The van der Waals surface area contributed by atoms with E-state index in [0.717, 1.165) is 12.6 Å². The zero-order chi connectivity index (χ0) is 12.4. The van der Waals surface area contributed by atoms with Crippen molar-refractivity contribution >= 4 is 22.6 Å². The largest absolute Gasteiger partial charge is 0.314 e. The number of rotatable bonds is 3. The van der Waals surface area contributed by atoms with E-state index in [2.05, 4.69) is 62.0 Å². The summed E-state index contributed by atoms with van der Waals surface area (Å²) >= 11 is 2.36. The van der Waals surface area contributed by atoms with E-state index in [1.165, 1.54) is 48.4 Å². The normalized spacial score (nSPS) is 22.9. The average Bonchev–Trinajstić information content (AvgIpc) is 2.32. The first-order valence-corrected chi connectivity index (χ1v) is 7.81. The van der Waals surface area contributed by atoms with Gasteiger partial charge in [-0.3, -0.25) is 9.80 Å². The van der Waals surface area contributed by atoms with Crippen molar-refractivity contribution in [3.05, 3.63) is 33.4 Å².